The highest BCUT2D eigenvalue weighted by Crippen LogP contribution is 2.06. The van der Waals surface area contributed by atoms with Crippen LogP contribution in [0.1, 0.15) is 31.4 Å². The predicted octanol–water partition coefficient (Wildman–Crippen LogP) is 2.95. The predicted molar refractivity (Wildman–Crippen MR) is 117 cm³/mol. The van der Waals surface area contributed by atoms with E-state index in [1.807, 2.05) is 13.8 Å². The van der Waals surface area contributed by atoms with E-state index in [9.17, 15) is 0 Å². The third-order valence-electron chi connectivity index (χ3n) is 3.48. The largest absolute Gasteiger partial charge is 0.382 e. The van der Waals surface area contributed by atoms with E-state index in [4.69, 9.17) is 14.2 Å². The van der Waals surface area contributed by atoms with Crippen molar-refractivity contribution in [3.8, 4) is 0 Å². The second-order valence-corrected chi connectivity index (χ2v) is 5.47. The summed E-state index contributed by atoms with van der Waals surface area (Å²) in [5, 5.41) is 6.61. The molecule has 0 saturated carbocycles. The van der Waals surface area contributed by atoms with Crippen LogP contribution in [0.15, 0.2) is 29.3 Å². The summed E-state index contributed by atoms with van der Waals surface area (Å²) in [5.74, 6) is 0.801. The lowest BCUT2D eigenvalue weighted by atomic mass is 10.1. The van der Waals surface area contributed by atoms with Gasteiger partial charge in [0, 0.05) is 40.0 Å². The Hall–Kier alpha value is -0.900. The number of rotatable bonds is 13. The molecule has 1 aromatic rings. The molecule has 6 nitrogen and oxygen atoms in total. The first-order valence-electron chi connectivity index (χ1n) is 9.05. The first-order chi connectivity index (χ1) is 12.3. The molecule has 0 saturated heterocycles. The first-order valence-corrected chi connectivity index (χ1v) is 9.05. The third-order valence-corrected chi connectivity index (χ3v) is 3.48. The average Bonchev–Trinajstić information content (AvgIpc) is 2.64. The molecule has 0 unspecified atom stereocenters. The first kappa shape index (κ1) is 25.1. The SMILES string of the molecule is CCOCCCNC(=NC)NCc1cccc(COCCOCC)c1.I. The van der Waals surface area contributed by atoms with Crippen LogP contribution in [-0.2, 0) is 27.4 Å². The van der Waals surface area contributed by atoms with E-state index in [1.165, 1.54) is 5.56 Å². The van der Waals surface area contributed by atoms with Crippen molar-refractivity contribution in [2.75, 3.05) is 46.6 Å². The minimum absolute atomic E-state index is 0. The van der Waals surface area contributed by atoms with E-state index in [0.29, 0.717) is 19.8 Å². The van der Waals surface area contributed by atoms with Gasteiger partial charge in [0.25, 0.3) is 0 Å². The van der Waals surface area contributed by atoms with Crippen LogP contribution in [0, 0.1) is 0 Å². The summed E-state index contributed by atoms with van der Waals surface area (Å²) in [4.78, 5) is 4.24. The van der Waals surface area contributed by atoms with Gasteiger partial charge in [0.15, 0.2) is 5.96 Å². The number of hydrogen-bond donors (Lipinski definition) is 2. The van der Waals surface area contributed by atoms with Crippen LogP contribution in [0.25, 0.3) is 0 Å². The van der Waals surface area contributed by atoms with E-state index >= 15 is 0 Å². The minimum Gasteiger partial charge on any atom is -0.382 e. The molecule has 7 heteroatoms. The van der Waals surface area contributed by atoms with Crippen LogP contribution in [0.4, 0.5) is 0 Å². The maximum atomic E-state index is 5.62. The van der Waals surface area contributed by atoms with E-state index < -0.39 is 0 Å². The van der Waals surface area contributed by atoms with Crippen molar-refractivity contribution < 1.29 is 14.2 Å². The topological polar surface area (TPSA) is 64.1 Å². The number of halogens is 1. The quantitative estimate of drug-likeness (QED) is 0.197. The smallest absolute Gasteiger partial charge is 0.191 e. The Morgan fingerprint density at radius 2 is 1.65 bits per heavy atom. The Bertz CT molecular complexity index is 487. The maximum absolute atomic E-state index is 5.62. The van der Waals surface area contributed by atoms with Gasteiger partial charge in [-0.2, -0.15) is 0 Å². The van der Waals surface area contributed by atoms with Gasteiger partial charge in [-0.05, 0) is 31.4 Å². The molecule has 150 valence electrons. The van der Waals surface area contributed by atoms with Crippen molar-refractivity contribution in [3.05, 3.63) is 35.4 Å². The molecule has 0 aliphatic rings. The third kappa shape index (κ3) is 12.5. The van der Waals surface area contributed by atoms with E-state index in [1.54, 1.807) is 7.05 Å². The number of nitrogens with one attached hydrogen (secondary N) is 2. The normalized spacial score (nSPS) is 11.1. The van der Waals surface area contributed by atoms with Crippen molar-refractivity contribution >= 4 is 29.9 Å². The highest BCUT2D eigenvalue weighted by molar-refractivity contribution is 14.0. The molecular weight excluding hydrogens is 445 g/mol. The molecule has 1 rings (SSSR count). The molecule has 1 aromatic carbocycles. The van der Waals surface area contributed by atoms with E-state index in [2.05, 4.69) is 39.9 Å². The second kappa shape index (κ2) is 17.5. The lowest BCUT2D eigenvalue weighted by Gasteiger charge is -2.12. The molecule has 2 N–H and O–H groups in total. The monoisotopic (exact) mass is 479 g/mol. The summed E-state index contributed by atoms with van der Waals surface area (Å²) in [6.07, 6.45) is 0.961. The van der Waals surface area contributed by atoms with Gasteiger partial charge in [-0.3, -0.25) is 4.99 Å². The molecule has 0 aliphatic heterocycles. The molecule has 0 bridgehead atoms. The summed E-state index contributed by atoms with van der Waals surface area (Å²) in [6.45, 7) is 9.68. The van der Waals surface area contributed by atoms with Crippen LogP contribution in [0.2, 0.25) is 0 Å². The molecule has 26 heavy (non-hydrogen) atoms. The fourth-order valence-corrected chi connectivity index (χ4v) is 2.21. The van der Waals surface area contributed by atoms with Crippen molar-refractivity contribution in [1.29, 1.82) is 0 Å². The van der Waals surface area contributed by atoms with Gasteiger partial charge in [0.2, 0.25) is 0 Å². The van der Waals surface area contributed by atoms with E-state index in [0.717, 1.165) is 50.9 Å². The fourth-order valence-electron chi connectivity index (χ4n) is 2.21. The van der Waals surface area contributed by atoms with Gasteiger partial charge in [0.1, 0.15) is 0 Å². The number of ether oxygens (including phenoxy) is 3. The zero-order chi connectivity index (χ0) is 18.2. The van der Waals surface area contributed by atoms with Crippen LogP contribution in [-0.4, -0.2) is 52.6 Å². The van der Waals surface area contributed by atoms with Crippen molar-refractivity contribution in [2.24, 2.45) is 4.99 Å². The molecule has 0 fully saturated rings. The van der Waals surface area contributed by atoms with Gasteiger partial charge in [-0.15, -0.1) is 24.0 Å². The summed E-state index contributed by atoms with van der Waals surface area (Å²) < 4.78 is 16.2. The van der Waals surface area contributed by atoms with Gasteiger partial charge < -0.3 is 24.8 Å². The summed E-state index contributed by atoms with van der Waals surface area (Å²) >= 11 is 0. The molecule has 0 spiro atoms. The van der Waals surface area contributed by atoms with Crippen LogP contribution >= 0.6 is 24.0 Å². The Morgan fingerprint density at radius 1 is 0.962 bits per heavy atom. The lowest BCUT2D eigenvalue weighted by molar-refractivity contribution is 0.0453. The lowest BCUT2D eigenvalue weighted by Crippen LogP contribution is -2.37. The number of nitrogens with zero attached hydrogens (tertiary/aromatic N) is 1. The van der Waals surface area contributed by atoms with Gasteiger partial charge in [-0.1, -0.05) is 24.3 Å². The maximum Gasteiger partial charge on any atom is 0.191 e. The summed E-state index contributed by atoms with van der Waals surface area (Å²) in [5.41, 5.74) is 2.36. The number of hydrogen-bond acceptors (Lipinski definition) is 4. The average molecular weight is 479 g/mol. The molecule has 0 aromatic heterocycles. The van der Waals surface area contributed by atoms with Crippen molar-refractivity contribution in [3.63, 3.8) is 0 Å². The Morgan fingerprint density at radius 3 is 2.38 bits per heavy atom. The summed E-state index contributed by atoms with van der Waals surface area (Å²) in [7, 11) is 1.78. The van der Waals surface area contributed by atoms with Gasteiger partial charge in [0.05, 0.1) is 19.8 Å². The number of aliphatic imine (C=N–C) groups is 1. The molecule has 0 atom stereocenters. The van der Waals surface area contributed by atoms with E-state index in [-0.39, 0.29) is 24.0 Å². The molecule has 0 amide bonds. The molecule has 0 heterocycles. The second-order valence-electron chi connectivity index (χ2n) is 5.47. The van der Waals surface area contributed by atoms with Crippen LogP contribution < -0.4 is 10.6 Å². The van der Waals surface area contributed by atoms with Crippen molar-refractivity contribution in [2.45, 2.75) is 33.4 Å². The Labute approximate surface area is 175 Å². The zero-order valence-corrected chi connectivity index (χ0v) is 18.6. The van der Waals surface area contributed by atoms with Crippen molar-refractivity contribution in [1.82, 2.24) is 10.6 Å². The number of guanidine groups is 1. The molecule has 0 radical (unpaired) electrons. The highest BCUT2D eigenvalue weighted by atomic mass is 127. The zero-order valence-electron chi connectivity index (χ0n) is 16.3. The van der Waals surface area contributed by atoms with Gasteiger partial charge in [-0.25, -0.2) is 0 Å². The van der Waals surface area contributed by atoms with Crippen LogP contribution in [0.3, 0.4) is 0 Å². The fraction of sp³-hybridized carbons (Fsp3) is 0.632. The standard InChI is InChI=1S/C19H33N3O3.HI/c1-4-23-11-7-10-21-19(20-3)22-15-17-8-6-9-18(14-17)16-25-13-12-24-5-2;/h6,8-9,14H,4-5,7,10-13,15-16H2,1-3H3,(H2,20,21,22);1H. The number of benzene rings is 1. The minimum atomic E-state index is 0. The summed E-state index contributed by atoms with van der Waals surface area (Å²) in [6, 6.07) is 8.37. The molecule has 0 aliphatic carbocycles. The molecular formula is C19H34IN3O3. The highest BCUT2D eigenvalue weighted by Gasteiger charge is 2.00. The van der Waals surface area contributed by atoms with Gasteiger partial charge >= 0.3 is 0 Å². The van der Waals surface area contributed by atoms with Crippen LogP contribution in [0.5, 0.6) is 0 Å². The Kier molecular flexibility index (Phi) is 16.9. The Balaban J connectivity index is 0.00000625.